The molecule has 0 heterocycles. The van der Waals surface area contributed by atoms with E-state index in [2.05, 4.69) is 26.4 Å². The van der Waals surface area contributed by atoms with Gasteiger partial charge in [0.1, 0.15) is 5.82 Å². The number of oxime groups is 1. The maximum atomic E-state index is 13.1. The molecule has 0 saturated carbocycles. The van der Waals surface area contributed by atoms with E-state index in [0.29, 0.717) is 16.6 Å². The monoisotopic (exact) mass is 337 g/mol. The molecule has 6 heteroatoms. The zero-order chi connectivity index (χ0) is 14.5. The molecule has 0 saturated heterocycles. The minimum absolute atomic E-state index is 0.0759. The number of nitrogens with one attached hydrogen (secondary N) is 1. The molecule has 0 spiro atoms. The Morgan fingerprint density at radius 1 is 1.25 bits per heavy atom. The van der Waals surface area contributed by atoms with Gasteiger partial charge in [0.15, 0.2) is 5.84 Å². The number of nitrogens with two attached hydrogens (primary N) is 1. The summed E-state index contributed by atoms with van der Waals surface area (Å²) in [5.74, 6) is -0.217. The van der Waals surface area contributed by atoms with E-state index in [1.165, 1.54) is 6.07 Å². The Morgan fingerprint density at radius 2 is 1.95 bits per heavy atom. The average molecular weight is 338 g/mol. The van der Waals surface area contributed by atoms with Gasteiger partial charge in [0.25, 0.3) is 0 Å². The molecule has 0 aliphatic heterocycles. The summed E-state index contributed by atoms with van der Waals surface area (Å²) < 4.78 is 13.5. The van der Waals surface area contributed by atoms with E-state index in [1.807, 2.05) is 12.1 Å². The van der Waals surface area contributed by atoms with Crippen LogP contribution in [0, 0.1) is 5.82 Å². The molecular weight excluding hydrogens is 325 g/mol. The van der Waals surface area contributed by atoms with Crippen LogP contribution < -0.4 is 11.1 Å². The Hall–Kier alpha value is -2.08. The first kappa shape index (κ1) is 14.3. The Bertz CT molecular complexity index is 629. The van der Waals surface area contributed by atoms with Crippen LogP contribution in [0.25, 0.3) is 0 Å². The predicted octanol–water partition coefficient (Wildman–Crippen LogP) is 3.29. The number of amidine groups is 1. The van der Waals surface area contributed by atoms with E-state index >= 15 is 0 Å². The molecule has 0 aliphatic carbocycles. The van der Waals surface area contributed by atoms with Gasteiger partial charge in [-0.25, -0.2) is 4.39 Å². The number of hydrogen-bond acceptors (Lipinski definition) is 3. The maximum absolute atomic E-state index is 13.1. The average Bonchev–Trinajstić information content (AvgIpc) is 2.48. The van der Waals surface area contributed by atoms with Crippen LogP contribution >= 0.6 is 15.9 Å². The van der Waals surface area contributed by atoms with E-state index in [-0.39, 0.29) is 11.7 Å². The molecule has 4 nitrogen and oxygen atoms in total. The van der Waals surface area contributed by atoms with Crippen LogP contribution in [-0.2, 0) is 6.54 Å². The fourth-order valence-electron chi connectivity index (χ4n) is 1.66. The lowest BCUT2D eigenvalue weighted by molar-refractivity contribution is 0.318. The molecule has 0 fully saturated rings. The van der Waals surface area contributed by atoms with Crippen molar-refractivity contribution < 1.29 is 9.60 Å². The first-order valence-electron chi connectivity index (χ1n) is 5.86. The third-order valence-electron chi connectivity index (χ3n) is 2.77. The van der Waals surface area contributed by atoms with Crippen molar-refractivity contribution in [2.24, 2.45) is 10.9 Å². The Kier molecular flexibility index (Phi) is 4.57. The molecule has 0 atom stereocenters. The molecule has 0 aliphatic rings. The van der Waals surface area contributed by atoms with Crippen LogP contribution in [0.4, 0.5) is 10.1 Å². The van der Waals surface area contributed by atoms with Crippen LogP contribution in [-0.4, -0.2) is 11.0 Å². The highest BCUT2D eigenvalue weighted by Crippen LogP contribution is 2.20. The Labute approximate surface area is 124 Å². The van der Waals surface area contributed by atoms with E-state index in [1.54, 1.807) is 24.3 Å². The summed E-state index contributed by atoms with van der Waals surface area (Å²) in [6.45, 7) is 0.592. The molecule has 2 aromatic rings. The van der Waals surface area contributed by atoms with Crippen molar-refractivity contribution in [3.8, 4) is 0 Å². The van der Waals surface area contributed by atoms with Crippen LogP contribution in [0.15, 0.2) is 52.1 Å². The molecule has 0 bridgehead atoms. The molecule has 2 aromatic carbocycles. The number of hydrogen-bond donors (Lipinski definition) is 3. The van der Waals surface area contributed by atoms with Gasteiger partial charge in [0, 0.05) is 17.8 Å². The van der Waals surface area contributed by atoms with Gasteiger partial charge < -0.3 is 16.3 Å². The summed E-state index contributed by atoms with van der Waals surface area (Å²) in [4.78, 5) is 0. The van der Waals surface area contributed by atoms with Crippen LogP contribution in [0.3, 0.4) is 0 Å². The molecule has 0 aromatic heterocycles. The standard InChI is InChI=1S/C14H13BrFN3O/c15-12-7-11(5-6-13(12)16)18-8-9-1-3-10(4-2-9)14(17)19-20/h1-7,18,20H,8H2,(H2,17,19). The minimum Gasteiger partial charge on any atom is -0.409 e. The van der Waals surface area contributed by atoms with Crippen molar-refractivity contribution in [2.75, 3.05) is 5.32 Å². The van der Waals surface area contributed by atoms with E-state index in [9.17, 15) is 4.39 Å². The van der Waals surface area contributed by atoms with Crippen molar-refractivity contribution in [2.45, 2.75) is 6.54 Å². The summed E-state index contributed by atoms with van der Waals surface area (Å²) in [5, 5.41) is 14.7. The third kappa shape index (κ3) is 3.48. The molecule has 20 heavy (non-hydrogen) atoms. The second kappa shape index (κ2) is 6.38. The molecule has 2 rings (SSSR count). The smallest absolute Gasteiger partial charge is 0.170 e. The van der Waals surface area contributed by atoms with E-state index < -0.39 is 0 Å². The largest absolute Gasteiger partial charge is 0.409 e. The highest BCUT2D eigenvalue weighted by atomic mass is 79.9. The molecular formula is C14H13BrFN3O. The third-order valence-corrected chi connectivity index (χ3v) is 3.38. The van der Waals surface area contributed by atoms with Gasteiger partial charge in [0.2, 0.25) is 0 Å². The zero-order valence-electron chi connectivity index (χ0n) is 10.5. The quantitative estimate of drug-likeness (QED) is 0.347. The zero-order valence-corrected chi connectivity index (χ0v) is 12.1. The fourth-order valence-corrected chi connectivity index (χ4v) is 2.04. The fraction of sp³-hybridized carbons (Fsp3) is 0.0714. The number of anilines is 1. The highest BCUT2D eigenvalue weighted by Gasteiger charge is 2.02. The number of benzene rings is 2. The van der Waals surface area contributed by atoms with Gasteiger partial charge in [-0.3, -0.25) is 0 Å². The van der Waals surface area contributed by atoms with Crippen molar-refractivity contribution >= 4 is 27.5 Å². The summed E-state index contributed by atoms with van der Waals surface area (Å²) >= 11 is 3.14. The second-order valence-electron chi connectivity index (χ2n) is 4.16. The molecule has 104 valence electrons. The van der Waals surface area contributed by atoms with Crippen molar-refractivity contribution in [1.82, 2.24) is 0 Å². The Morgan fingerprint density at radius 3 is 2.55 bits per heavy atom. The van der Waals surface area contributed by atoms with Gasteiger partial charge in [-0.05, 0) is 39.7 Å². The summed E-state index contributed by atoms with van der Waals surface area (Å²) in [6.07, 6.45) is 0. The van der Waals surface area contributed by atoms with Crippen LogP contribution in [0.5, 0.6) is 0 Å². The second-order valence-corrected chi connectivity index (χ2v) is 5.02. The normalized spacial score (nSPS) is 11.4. The SMILES string of the molecule is N/C(=N/O)c1ccc(CNc2ccc(F)c(Br)c2)cc1. The number of rotatable bonds is 4. The lowest BCUT2D eigenvalue weighted by Gasteiger charge is -2.08. The van der Waals surface area contributed by atoms with Crippen LogP contribution in [0.1, 0.15) is 11.1 Å². The lowest BCUT2D eigenvalue weighted by atomic mass is 10.1. The van der Waals surface area contributed by atoms with Gasteiger partial charge >= 0.3 is 0 Å². The van der Waals surface area contributed by atoms with Gasteiger partial charge in [-0.15, -0.1) is 0 Å². The highest BCUT2D eigenvalue weighted by molar-refractivity contribution is 9.10. The van der Waals surface area contributed by atoms with Gasteiger partial charge in [-0.1, -0.05) is 29.4 Å². The molecule has 4 N–H and O–H groups in total. The van der Waals surface area contributed by atoms with Crippen molar-refractivity contribution in [3.05, 3.63) is 63.9 Å². The van der Waals surface area contributed by atoms with Crippen molar-refractivity contribution in [1.29, 1.82) is 0 Å². The summed E-state index contributed by atoms with van der Waals surface area (Å²) in [6, 6.07) is 12.0. The molecule has 0 unspecified atom stereocenters. The minimum atomic E-state index is -0.293. The van der Waals surface area contributed by atoms with Crippen molar-refractivity contribution in [3.63, 3.8) is 0 Å². The molecule has 0 amide bonds. The van der Waals surface area contributed by atoms with Gasteiger partial charge in [-0.2, -0.15) is 0 Å². The van der Waals surface area contributed by atoms with Gasteiger partial charge in [0.05, 0.1) is 4.47 Å². The first-order chi connectivity index (χ1) is 9.60. The summed E-state index contributed by atoms with van der Waals surface area (Å²) in [7, 11) is 0. The maximum Gasteiger partial charge on any atom is 0.170 e. The summed E-state index contributed by atoms with van der Waals surface area (Å²) in [5.41, 5.74) is 7.98. The van der Waals surface area contributed by atoms with Crippen LogP contribution in [0.2, 0.25) is 0 Å². The predicted molar refractivity (Wildman–Crippen MR) is 80.4 cm³/mol. The lowest BCUT2D eigenvalue weighted by Crippen LogP contribution is -2.13. The molecule has 0 radical (unpaired) electrons. The first-order valence-corrected chi connectivity index (χ1v) is 6.65. The Balaban J connectivity index is 2.02. The van der Waals surface area contributed by atoms with E-state index in [0.717, 1.165) is 11.3 Å². The van der Waals surface area contributed by atoms with E-state index in [4.69, 9.17) is 10.9 Å². The number of nitrogens with zero attached hydrogens (tertiary/aromatic N) is 1. The number of halogens is 2. The topological polar surface area (TPSA) is 70.6 Å².